The van der Waals surface area contributed by atoms with Crippen LogP contribution in [0.3, 0.4) is 0 Å². The number of anilines is 1. The maximum atomic E-state index is 13.2. The molecule has 0 spiro atoms. The molecule has 21 heavy (non-hydrogen) atoms. The van der Waals surface area contributed by atoms with Gasteiger partial charge in [0, 0.05) is 27.7 Å². The van der Waals surface area contributed by atoms with Crippen LogP contribution in [0.4, 0.5) is 18.9 Å². The summed E-state index contributed by atoms with van der Waals surface area (Å²) in [6.45, 7) is 5.93. The predicted molar refractivity (Wildman–Crippen MR) is 82.7 cm³/mol. The minimum Gasteiger partial charge on any atom is -0.384 e. The zero-order chi connectivity index (χ0) is 15.8. The Balaban J connectivity index is 2.86. The Hall–Kier alpha value is -1.30. The van der Waals surface area contributed by atoms with Crippen LogP contribution in [-0.2, 0) is 6.18 Å². The highest BCUT2D eigenvalue weighted by Crippen LogP contribution is 2.40. The Labute approximate surface area is 129 Å². The van der Waals surface area contributed by atoms with Gasteiger partial charge in [0.15, 0.2) is 0 Å². The van der Waals surface area contributed by atoms with Crippen LogP contribution < -0.4 is 5.32 Å². The number of aromatic nitrogens is 1. The summed E-state index contributed by atoms with van der Waals surface area (Å²) in [7, 11) is 0. The second kappa shape index (κ2) is 5.83. The Bertz CT molecular complexity index is 681. The molecule has 0 aliphatic heterocycles. The van der Waals surface area contributed by atoms with Gasteiger partial charge in [-0.15, -0.1) is 0 Å². The predicted octanol–water partition coefficient (Wildman–Crippen LogP) is 5.45. The molecule has 6 heteroatoms. The first-order chi connectivity index (χ1) is 9.77. The van der Waals surface area contributed by atoms with Crippen LogP contribution >= 0.6 is 15.9 Å². The Kier molecular flexibility index (Phi) is 4.46. The zero-order valence-corrected chi connectivity index (χ0v) is 13.6. The van der Waals surface area contributed by atoms with E-state index in [1.807, 2.05) is 19.9 Å². The summed E-state index contributed by atoms with van der Waals surface area (Å²) in [4.78, 5) is 3.86. The molecule has 1 aromatic heterocycles. The molecule has 0 unspecified atom stereocenters. The number of alkyl halides is 3. The minimum absolute atomic E-state index is 0.143. The maximum absolute atomic E-state index is 13.2. The second-order valence-electron chi connectivity index (χ2n) is 4.97. The quantitative estimate of drug-likeness (QED) is 0.786. The molecule has 2 nitrogen and oxygen atoms in total. The third-order valence-corrected chi connectivity index (χ3v) is 4.00. The molecule has 0 amide bonds. The number of halogens is 4. The SMILES string of the molecule is CCCNc1c(C)c(C(F)(F)F)nc2c(Br)ccc(C)c12. The van der Waals surface area contributed by atoms with E-state index in [1.54, 1.807) is 6.07 Å². The summed E-state index contributed by atoms with van der Waals surface area (Å²) >= 11 is 3.30. The van der Waals surface area contributed by atoms with Gasteiger partial charge >= 0.3 is 6.18 Å². The van der Waals surface area contributed by atoms with E-state index >= 15 is 0 Å². The number of hydrogen-bond acceptors (Lipinski definition) is 2. The minimum atomic E-state index is -4.47. The molecule has 0 saturated carbocycles. The highest BCUT2D eigenvalue weighted by atomic mass is 79.9. The van der Waals surface area contributed by atoms with Crippen molar-refractivity contribution < 1.29 is 13.2 Å². The summed E-state index contributed by atoms with van der Waals surface area (Å²) in [5, 5.41) is 3.86. The zero-order valence-electron chi connectivity index (χ0n) is 12.0. The molecule has 1 aromatic carbocycles. The summed E-state index contributed by atoms with van der Waals surface area (Å²) in [6.07, 6.45) is -3.64. The lowest BCUT2D eigenvalue weighted by molar-refractivity contribution is -0.141. The van der Waals surface area contributed by atoms with Crippen LogP contribution in [0.25, 0.3) is 10.9 Å². The molecule has 0 aliphatic rings. The van der Waals surface area contributed by atoms with Crippen molar-refractivity contribution in [2.45, 2.75) is 33.4 Å². The molecular weight excluding hydrogens is 345 g/mol. The lowest BCUT2D eigenvalue weighted by Crippen LogP contribution is -2.14. The number of nitrogens with zero attached hydrogens (tertiary/aromatic N) is 1. The van der Waals surface area contributed by atoms with Crippen LogP contribution in [0.5, 0.6) is 0 Å². The monoisotopic (exact) mass is 360 g/mol. The molecule has 0 bridgehead atoms. The fraction of sp³-hybridized carbons (Fsp3) is 0.400. The van der Waals surface area contributed by atoms with Crippen molar-refractivity contribution in [1.29, 1.82) is 0 Å². The van der Waals surface area contributed by atoms with Crippen LogP contribution in [0, 0.1) is 13.8 Å². The summed E-state index contributed by atoms with van der Waals surface area (Å²) in [5.41, 5.74) is 1.07. The molecule has 114 valence electrons. The number of benzene rings is 1. The second-order valence-corrected chi connectivity index (χ2v) is 5.83. The number of fused-ring (bicyclic) bond motifs is 1. The Morgan fingerprint density at radius 1 is 1.24 bits per heavy atom. The molecule has 1 N–H and O–H groups in total. The van der Waals surface area contributed by atoms with Crippen molar-refractivity contribution in [3.8, 4) is 0 Å². The number of nitrogens with one attached hydrogen (secondary N) is 1. The van der Waals surface area contributed by atoms with E-state index in [2.05, 4.69) is 26.2 Å². The first kappa shape index (κ1) is 16.1. The van der Waals surface area contributed by atoms with Crippen molar-refractivity contribution in [2.75, 3.05) is 11.9 Å². The molecule has 2 rings (SSSR count). The normalized spacial score (nSPS) is 12.0. The van der Waals surface area contributed by atoms with Crippen LogP contribution in [0.1, 0.15) is 30.2 Å². The van der Waals surface area contributed by atoms with Gasteiger partial charge in [0.05, 0.1) is 5.52 Å². The van der Waals surface area contributed by atoms with Gasteiger partial charge in [0.2, 0.25) is 0 Å². The van der Waals surface area contributed by atoms with E-state index in [9.17, 15) is 13.2 Å². The third kappa shape index (κ3) is 3.00. The van der Waals surface area contributed by atoms with Crippen molar-refractivity contribution in [3.05, 3.63) is 33.4 Å². The van der Waals surface area contributed by atoms with E-state index in [1.165, 1.54) is 6.92 Å². The number of pyridine rings is 1. The van der Waals surface area contributed by atoms with E-state index in [0.29, 0.717) is 22.2 Å². The summed E-state index contributed by atoms with van der Waals surface area (Å²) in [5.74, 6) is 0. The number of rotatable bonds is 3. The summed E-state index contributed by atoms with van der Waals surface area (Å²) in [6, 6.07) is 3.60. The highest BCUT2D eigenvalue weighted by Gasteiger charge is 2.36. The first-order valence-electron chi connectivity index (χ1n) is 6.67. The van der Waals surface area contributed by atoms with Gasteiger partial charge in [-0.2, -0.15) is 13.2 Å². The fourth-order valence-corrected chi connectivity index (χ4v) is 2.76. The molecule has 0 radical (unpaired) electrons. The standard InChI is InChI=1S/C15H16BrF3N2/c1-4-7-20-12-9(3)14(15(17,18)19)21-13-10(16)6-5-8(2)11(12)13/h5-6H,4,7H2,1-3H3,(H,20,21). The molecular formula is C15H16BrF3N2. The van der Waals surface area contributed by atoms with Crippen molar-refractivity contribution in [1.82, 2.24) is 4.98 Å². The largest absolute Gasteiger partial charge is 0.433 e. The van der Waals surface area contributed by atoms with E-state index in [0.717, 1.165) is 17.4 Å². The number of aryl methyl sites for hydroxylation is 1. The third-order valence-electron chi connectivity index (χ3n) is 3.36. The average molecular weight is 361 g/mol. The number of hydrogen-bond donors (Lipinski definition) is 1. The van der Waals surface area contributed by atoms with Gasteiger partial charge in [0.1, 0.15) is 5.69 Å². The van der Waals surface area contributed by atoms with Crippen molar-refractivity contribution in [3.63, 3.8) is 0 Å². The van der Waals surface area contributed by atoms with Crippen LogP contribution in [0.2, 0.25) is 0 Å². The lowest BCUT2D eigenvalue weighted by Gasteiger charge is -2.19. The molecule has 0 fully saturated rings. The molecule has 2 aromatic rings. The molecule has 0 saturated heterocycles. The average Bonchev–Trinajstić information content (AvgIpc) is 2.40. The van der Waals surface area contributed by atoms with Gasteiger partial charge in [-0.1, -0.05) is 13.0 Å². The van der Waals surface area contributed by atoms with Crippen LogP contribution in [0.15, 0.2) is 16.6 Å². The topological polar surface area (TPSA) is 24.9 Å². The van der Waals surface area contributed by atoms with Gasteiger partial charge < -0.3 is 5.32 Å². The van der Waals surface area contributed by atoms with Gasteiger partial charge in [-0.3, -0.25) is 0 Å². The van der Waals surface area contributed by atoms with E-state index in [-0.39, 0.29) is 5.56 Å². The van der Waals surface area contributed by atoms with E-state index in [4.69, 9.17) is 0 Å². The Morgan fingerprint density at radius 2 is 1.90 bits per heavy atom. The van der Waals surface area contributed by atoms with Crippen molar-refractivity contribution >= 4 is 32.5 Å². The first-order valence-corrected chi connectivity index (χ1v) is 7.47. The Morgan fingerprint density at radius 3 is 2.48 bits per heavy atom. The van der Waals surface area contributed by atoms with Gasteiger partial charge in [0.25, 0.3) is 0 Å². The van der Waals surface area contributed by atoms with Crippen molar-refractivity contribution in [2.24, 2.45) is 0 Å². The molecule has 0 atom stereocenters. The fourth-order valence-electron chi connectivity index (χ4n) is 2.34. The molecule has 0 aliphatic carbocycles. The van der Waals surface area contributed by atoms with Gasteiger partial charge in [-0.05, 0) is 47.8 Å². The molecule has 1 heterocycles. The van der Waals surface area contributed by atoms with E-state index < -0.39 is 11.9 Å². The highest BCUT2D eigenvalue weighted by molar-refractivity contribution is 9.10. The van der Waals surface area contributed by atoms with Gasteiger partial charge in [-0.25, -0.2) is 4.98 Å². The maximum Gasteiger partial charge on any atom is 0.433 e. The summed E-state index contributed by atoms with van der Waals surface area (Å²) < 4.78 is 40.2. The lowest BCUT2D eigenvalue weighted by atomic mass is 10.0. The smallest absolute Gasteiger partial charge is 0.384 e. The van der Waals surface area contributed by atoms with Crippen LogP contribution in [-0.4, -0.2) is 11.5 Å².